The zero-order valence-electron chi connectivity index (χ0n) is 19.7. The Morgan fingerprint density at radius 1 is 1.25 bits per heavy atom. The molecule has 2 heterocycles. The Labute approximate surface area is 208 Å². The second-order valence-electron chi connectivity index (χ2n) is 9.28. The van der Waals surface area contributed by atoms with Crippen LogP contribution in [0.15, 0.2) is 23.2 Å². The third kappa shape index (κ3) is 6.79. The monoisotopic (exact) mass is 560 g/mol. The fraction of sp³-hybridized carbons (Fsp3) is 0.652. The van der Waals surface area contributed by atoms with E-state index in [-0.39, 0.29) is 53.9 Å². The molecule has 2 atom stereocenters. The molecule has 3 rings (SSSR count). The van der Waals surface area contributed by atoms with Gasteiger partial charge in [0, 0.05) is 30.2 Å². The summed E-state index contributed by atoms with van der Waals surface area (Å²) in [5.74, 6) is 1.59. The van der Waals surface area contributed by atoms with Gasteiger partial charge < -0.3 is 30.1 Å². The molecule has 0 aliphatic carbocycles. The number of carbonyl (C=O) groups excluding carboxylic acids is 1. The smallest absolute Gasteiger partial charge is 0.410 e. The molecule has 1 aromatic rings. The van der Waals surface area contributed by atoms with Crippen LogP contribution in [0.1, 0.15) is 58.9 Å². The lowest BCUT2D eigenvalue weighted by molar-refractivity contribution is 0.00545. The lowest BCUT2D eigenvalue weighted by atomic mass is 9.98. The maximum absolute atomic E-state index is 12.7. The van der Waals surface area contributed by atoms with E-state index in [0.29, 0.717) is 23.8 Å². The average Bonchev–Trinajstić information content (AvgIpc) is 2.97. The van der Waals surface area contributed by atoms with Gasteiger partial charge in [-0.25, -0.2) is 9.79 Å². The summed E-state index contributed by atoms with van der Waals surface area (Å²) in [6, 6.07) is 5.75. The van der Waals surface area contributed by atoms with Crippen molar-refractivity contribution in [3.8, 4) is 11.5 Å². The number of amides is 1. The van der Waals surface area contributed by atoms with Gasteiger partial charge in [-0.3, -0.25) is 0 Å². The van der Waals surface area contributed by atoms with Crippen molar-refractivity contribution in [2.24, 2.45) is 4.99 Å². The van der Waals surface area contributed by atoms with E-state index < -0.39 is 5.60 Å². The van der Waals surface area contributed by atoms with Crippen LogP contribution in [-0.4, -0.2) is 59.4 Å². The van der Waals surface area contributed by atoms with Crippen molar-refractivity contribution in [3.63, 3.8) is 0 Å². The molecule has 2 fully saturated rings. The summed E-state index contributed by atoms with van der Waals surface area (Å²) >= 11 is 0. The molecule has 2 bridgehead atoms. The molecular formula is C23H37IN4O4. The second kappa shape index (κ2) is 11.3. The number of hydrogen-bond donors (Lipinski definition) is 3. The number of hydrogen-bond acceptors (Lipinski definition) is 5. The number of nitrogens with zero attached hydrogens (tertiary/aromatic N) is 2. The fourth-order valence-corrected chi connectivity index (χ4v) is 4.40. The Balaban J connectivity index is 0.00000363. The Kier molecular flexibility index (Phi) is 9.29. The molecular weight excluding hydrogens is 523 g/mol. The van der Waals surface area contributed by atoms with Crippen LogP contribution in [0.25, 0.3) is 0 Å². The third-order valence-corrected chi connectivity index (χ3v) is 5.72. The van der Waals surface area contributed by atoms with E-state index in [0.717, 1.165) is 32.2 Å². The molecule has 2 saturated heterocycles. The van der Waals surface area contributed by atoms with Gasteiger partial charge in [-0.05, 0) is 71.6 Å². The molecule has 0 spiro atoms. The van der Waals surface area contributed by atoms with E-state index in [1.807, 2.05) is 32.6 Å². The first-order valence-corrected chi connectivity index (χ1v) is 11.1. The molecule has 0 saturated carbocycles. The normalized spacial score (nSPS) is 22.7. The van der Waals surface area contributed by atoms with E-state index in [2.05, 4.69) is 15.6 Å². The summed E-state index contributed by atoms with van der Waals surface area (Å²) in [5, 5.41) is 16.9. The van der Waals surface area contributed by atoms with Crippen molar-refractivity contribution < 1.29 is 19.4 Å². The first-order chi connectivity index (χ1) is 14.7. The Bertz CT molecular complexity index is 798. The standard InChI is InChI=1S/C23H36N4O4.HI/c1-6-24-21(25-14-15-11-19(30-5)9-10-20(15)28)26-16-12-17-7-8-18(13-16)27(17)22(29)31-23(2,3)4;/h9-11,16-18,28H,6-8,12-14H2,1-5H3,(H2,24,25,26);1H. The summed E-state index contributed by atoms with van der Waals surface area (Å²) in [5.41, 5.74) is 0.221. The van der Waals surface area contributed by atoms with Gasteiger partial charge in [0.1, 0.15) is 17.1 Å². The molecule has 2 aliphatic heterocycles. The second-order valence-corrected chi connectivity index (χ2v) is 9.28. The van der Waals surface area contributed by atoms with Crippen molar-refractivity contribution in [1.29, 1.82) is 0 Å². The zero-order valence-corrected chi connectivity index (χ0v) is 22.0. The Hall–Kier alpha value is -1.91. The van der Waals surface area contributed by atoms with Crippen molar-refractivity contribution >= 4 is 36.0 Å². The van der Waals surface area contributed by atoms with Crippen molar-refractivity contribution in [2.45, 2.75) is 83.6 Å². The third-order valence-electron chi connectivity index (χ3n) is 5.72. The minimum Gasteiger partial charge on any atom is -0.508 e. The van der Waals surface area contributed by atoms with Gasteiger partial charge in [-0.1, -0.05) is 0 Å². The van der Waals surface area contributed by atoms with Gasteiger partial charge in [0.15, 0.2) is 5.96 Å². The van der Waals surface area contributed by atoms with Crippen LogP contribution < -0.4 is 15.4 Å². The minimum absolute atomic E-state index is 0. The Morgan fingerprint density at radius 2 is 1.91 bits per heavy atom. The van der Waals surface area contributed by atoms with Gasteiger partial charge in [0.25, 0.3) is 0 Å². The number of nitrogens with one attached hydrogen (secondary N) is 2. The average molecular weight is 560 g/mol. The van der Waals surface area contributed by atoms with Crippen LogP contribution in [0, 0.1) is 0 Å². The number of benzene rings is 1. The molecule has 0 radical (unpaired) electrons. The molecule has 180 valence electrons. The summed E-state index contributed by atoms with van der Waals surface area (Å²) in [6.45, 7) is 8.80. The number of carbonyl (C=O) groups is 1. The van der Waals surface area contributed by atoms with Crippen LogP contribution in [0.5, 0.6) is 11.5 Å². The first kappa shape index (κ1) is 26.3. The maximum atomic E-state index is 12.7. The predicted molar refractivity (Wildman–Crippen MR) is 136 cm³/mol. The number of halogens is 1. The molecule has 9 heteroatoms. The molecule has 1 aromatic carbocycles. The number of aromatic hydroxyl groups is 1. The molecule has 3 N–H and O–H groups in total. The van der Waals surface area contributed by atoms with Gasteiger partial charge in [0.05, 0.1) is 13.7 Å². The van der Waals surface area contributed by atoms with Crippen molar-refractivity contribution in [1.82, 2.24) is 15.5 Å². The van der Waals surface area contributed by atoms with Crippen LogP contribution in [0.2, 0.25) is 0 Å². The summed E-state index contributed by atoms with van der Waals surface area (Å²) in [4.78, 5) is 19.3. The zero-order chi connectivity index (χ0) is 22.6. The highest BCUT2D eigenvalue weighted by Crippen LogP contribution is 2.36. The van der Waals surface area contributed by atoms with Crippen molar-refractivity contribution in [2.75, 3.05) is 13.7 Å². The van der Waals surface area contributed by atoms with E-state index in [4.69, 9.17) is 9.47 Å². The quantitative estimate of drug-likeness (QED) is 0.286. The number of guanidine groups is 1. The van der Waals surface area contributed by atoms with Gasteiger partial charge in [-0.15, -0.1) is 24.0 Å². The first-order valence-electron chi connectivity index (χ1n) is 11.1. The molecule has 32 heavy (non-hydrogen) atoms. The summed E-state index contributed by atoms with van der Waals surface area (Å²) in [7, 11) is 1.60. The lowest BCUT2D eigenvalue weighted by Gasteiger charge is -2.40. The summed E-state index contributed by atoms with van der Waals surface area (Å²) in [6.07, 6.45) is 3.54. The number of phenols is 1. The number of methoxy groups -OCH3 is 1. The minimum atomic E-state index is -0.484. The van der Waals surface area contributed by atoms with E-state index >= 15 is 0 Å². The SMILES string of the molecule is CCNC(=NCc1cc(OC)ccc1O)NC1CC2CCC(C1)N2C(=O)OC(C)(C)C.I. The lowest BCUT2D eigenvalue weighted by Crippen LogP contribution is -2.55. The van der Waals surface area contributed by atoms with Crippen LogP contribution >= 0.6 is 24.0 Å². The van der Waals surface area contributed by atoms with Crippen molar-refractivity contribution in [3.05, 3.63) is 23.8 Å². The van der Waals surface area contributed by atoms with E-state index in [9.17, 15) is 9.90 Å². The largest absolute Gasteiger partial charge is 0.508 e. The fourth-order valence-electron chi connectivity index (χ4n) is 4.40. The van der Waals surface area contributed by atoms with Crippen LogP contribution in [0.3, 0.4) is 0 Å². The molecule has 2 aliphatic rings. The number of phenolic OH excluding ortho intramolecular Hbond substituents is 1. The number of piperidine rings is 1. The van der Waals surface area contributed by atoms with Crippen LogP contribution in [0.4, 0.5) is 4.79 Å². The Morgan fingerprint density at radius 3 is 2.47 bits per heavy atom. The highest BCUT2D eigenvalue weighted by molar-refractivity contribution is 14.0. The van der Waals surface area contributed by atoms with Crippen LogP contribution in [-0.2, 0) is 11.3 Å². The van der Waals surface area contributed by atoms with Gasteiger partial charge in [0.2, 0.25) is 0 Å². The van der Waals surface area contributed by atoms with Gasteiger partial charge >= 0.3 is 6.09 Å². The highest BCUT2D eigenvalue weighted by Gasteiger charge is 2.45. The topological polar surface area (TPSA) is 95.4 Å². The molecule has 1 amide bonds. The molecule has 0 aromatic heterocycles. The molecule has 8 nitrogen and oxygen atoms in total. The maximum Gasteiger partial charge on any atom is 0.410 e. The van der Waals surface area contributed by atoms with E-state index in [1.54, 1.807) is 25.3 Å². The van der Waals surface area contributed by atoms with Gasteiger partial charge in [-0.2, -0.15) is 0 Å². The highest BCUT2D eigenvalue weighted by atomic mass is 127. The summed E-state index contributed by atoms with van der Waals surface area (Å²) < 4.78 is 10.9. The number of rotatable bonds is 5. The predicted octanol–water partition coefficient (Wildman–Crippen LogP) is 4.00. The van der Waals surface area contributed by atoms with E-state index in [1.165, 1.54) is 0 Å². The number of aliphatic imine (C=N–C) groups is 1. The number of fused-ring (bicyclic) bond motifs is 2. The molecule has 2 unspecified atom stereocenters. The number of ether oxygens (including phenoxy) is 2.